The summed E-state index contributed by atoms with van der Waals surface area (Å²) < 4.78 is 10.2. The normalized spacial score (nSPS) is 12.8. The molecule has 0 heterocycles. The molecule has 0 aromatic heterocycles. The molecule has 0 saturated carbocycles. The number of esters is 1. The van der Waals surface area contributed by atoms with E-state index in [0.29, 0.717) is 6.42 Å². The van der Waals surface area contributed by atoms with E-state index in [1.165, 1.54) is 19.8 Å². The lowest BCUT2D eigenvalue weighted by Gasteiger charge is -2.21. The SMILES string of the molecule is COC(=O)[C@H](CCCc1ccccc1)NC(=O)[C@H](OC)c1ccccc1. The Bertz CT molecular complexity index is 688. The molecule has 0 saturated heterocycles. The second-order valence-corrected chi connectivity index (χ2v) is 5.99. The fourth-order valence-electron chi connectivity index (χ4n) is 2.82. The van der Waals surface area contributed by atoms with E-state index in [4.69, 9.17) is 9.47 Å². The molecule has 0 aliphatic rings. The standard InChI is InChI=1S/C21H25NO4/c1-25-19(17-13-7-4-8-14-17)20(23)22-18(21(24)26-2)15-9-12-16-10-5-3-6-11-16/h3-8,10-11,13-14,18-19H,9,12,15H2,1-2H3,(H,22,23)/t18-,19+/m0/s1. The largest absolute Gasteiger partial charge is 0.467 e. The van der Waals surface area contributed by atoms with Crippen molar-refractivity contribution in [3.63, 3.8) is 0 Å². The Balaban J connectivity index is 1.97. The molecule has 138 valence electrons. The maximum Gasteiger partial charge on any atom is 0.328 e. The molecule has 5 nitrogen and oxygen atoms in total. The average Bonchev–Trinajstić information content (AvgIpc) is 2.69. The monoisotopic (exact) mass is 355 g/mol. The third-order valence-corrected chi connectivity index (χ3v) is 4.18. The first-order valence-electron chi connectivity index (χ1n) is 8.65. The lowest BCUT2D eigenvalue weighted by Crippen LogP contribution is -2.44. The molecule has 0 spiro atoms. The molecule has 0 fully saturated rings. The lowest BCUT2D eigenvalue weighted by molar-refractivity contribution is -0.147. The van der Waals surface area contributed by atoms with E-state index >= 15 is 0 Å². The van der Waals surface area contributed by atoms with Gasteiger partial charge >= 0.3 is 5.97 Å². The molecule has 26 heavy (non-hydrogen) atoms. The quantitative estimate of drug-likeness (QED) is 0.702. The molecule has 5 heteroatoms. The van der Waals surface area contributed by atoms with Gasteiger partial charge in [0.15, 0.2) is 6.10 Å². The molecule has 0 aliphatic carbocycles. The van der Waals surface area contributed by atoms with Crippen LogP contribution in [0.2, 0.25) is 0 Å². The highest BCUT2D eigenvalue weighted by Gasteiger charge is 2.26. The first kappa shape index (κ1) is 19.7. The molecule has 2 aromatic rings. The van der Waals surface area contributed by atoms with E-state index in [-0.39, 0.29) is 5.91 Å². The number of hydrogen-bond acceptors (Lipinski definition) is 4. The summed E-state index contributed by atoms with van der Waals surface area (Å²) in [6.07, 6.45) is 1.32. The van der Waals surface area contributed by atoms with Crippen molar-refractivity contribution in [3.8, 4) is 0 Å². The van der Waals surface area contributed by atoms with Crippen molar-refractivity contribution >= 4 is 11.9 Å². The van der Waals surface area contributed by atoms with Crippen molar-refractivity contribution in [1.29, 1.82) is 0 Å². The lowest BCUT2D eigenvalue weighted by atomic mass is 10.0. The van der Waals surface area contributed by atoms with Gasteiger partial charge in [-0.15, -0.1) is 0 Å². The topological polar surface area (TPSA) is 64.6 Å². The third-order valence-electron chi connectivity index (χ3n) is 4.18. The molecule has 0 aliphatic heterocycles. The Kier molecular flexibility index (Phi) is 7.83. The molecule has 2 rings (SSSR count). The first-order chi connectivity index (χ1) is 12.7. The predicted molar refractivity (Wildman–Crippen MR) is 99.5 cm³/mol. The zero-order valence-electron chi connectivity index (χ0n) is 15.2. The molecule has 2 atom stereocenters. The molecule has 0 unspecified atom stereocenters. The summed E-state index contributed by atoms with van der Waals surface area (Å²) in [7, 11) is 2.80. The fourth-order valence-corrected chi connectivity index (χ4v) is 2.82. The minimum Gasteiger partial charge on any atom is -0.467 e. The van der Waals surface area contributed by atoms with Crippen LogP contribution in [0.1, 0.15) is 30.1 Å². The number of aryl methyl sites for hydroxylation is 1. The Morgan fingerprint density at radius 1 is 0.962 bits per heavy atom. The average molecular weight is 355 g/mol. The number of hydrogen-bond donors (Lipinski definition) is 1. The van der Waals surface area contributed by atoms with E-state index in [9.17, 15) is 9.59 Å². The van der Waals surface area contributed by atoms with Gasteiger partial charge in [-0.2, -0.15) is 0 Å². The van der Waals surface area contributed by atoms with Gasteiger partial charge in [-0.25, -0.2) is 4.79 Å². The van der Waals surface area contributed by atoms with Crippen molar-refractivity contribution in [2.24, 2.45) is 0 Å². The second-order valence-electron chi connectivity index (χ2n) is 5.99. The zero-order chi connectivity index (χ0) is 18.8. The predicted octanol–water partition coefficient (Wildman–Crippen LogP) is 3.05. The van der Waals surface area contributed by atoms with Crippen molar-refractivity contribution in [3.05, 3.63) is 71.8 Å². The van der Waals surface area contributed by atoms with Crippen LogP contribution in [0.5, 0.6) is 0 Å². The molecule has 0 radical (unpaired) electrons. The highest BCUT2D eigenvalue weighted by Crippen LogP contribution is 2.17. The van der Waals surface area contributed by atoms with Crippen LogP contribution in [0.15, 0.2) is 60.7 Å². The van der Waals surface area contributed by atoms with Gasteiger partial charge < -0.3 is 14.8 Å². The Morgan fingerprint density at radius 2 is 1.58 bits per heavy atom. The summed E-state index contributed by atoms with van der Waals surface area (Å²) in [4.78, 5) is 24.7. The summed E-state index contributed by atoms with van der Waals surface area (Å²) in [5.74, 6) is -0.803. The van der Waals surface area contributed by atoms with Crippen LogP contribution < -0.4 is 5.32 Å². The van der Waals surface area contributed by atoms with Crippen LogP contribution in [-0.4, -0.2) is 32.1 Å². The van der Waals surface area contributed by atoms with Crippen LogP contribution in [0, 0.1) is 0 Å². The Hall–Kier alpha value is -2.66. The maximum atomic E-state index is 12.6. The summed E-state index contributed by atoms with van der Waals surface area (Å²) in [6, 6.07) is 18.5. The third kappa shape index (κ3) is 5.70. The number of carbonyl (C=O) groups is 2. The van der Waals surface area contributed by atoms with Crippen LogP contribution in [-0.2, 0) is 25.5 Å². The van der Waals surface area contributed by atoms with E-state index in [2.05, 4.69) is 5.32 Å². The number of rotatable bonds is 9. The molecule has 2 aromatic carbocycles. The van der Waals surface area contributed by atoms with Crippen molar-refractivity contribution in [2.45, 2.75) is 31.4 Å². The molecule has 0 bridgehead atoms. The van der Waals surface area contributed by atoms with Gasteiger partial charge in [-0.3, -0.25) is 4.79 Å². The number of carbonyl (C=O) groups excluding carboxylic acids is 2. The first-order valence-corrected chi connectivity index (χ1v) is 8.65. The van der Waals surface area contributed by atoms with Gasteiger partial charge in [-0.05, 0) is 30.4 Å². The number of methoxy groups -OCH3 is 2. The van der Waals surface area contributed by atoms with E-state index in [0.717, 1.165) is 18.4 Å². The van der Waals surface area contributed by atoms with Crippen LogP contribution in [0.4, 0.5) is 0 Å². The van der Waals surface area contributed by atoms with E-state index in [1.54, 1.807) is 0 Å². The van der Waals surface area contributed by atoms with E-state index in [1.807, 2.05) is 60.7 Å². The van der Waals surface area contributed by atoms with Crippen molar-refractivity contribution in [2.75, 3.05) is 14.2 Å². The Labute approximate surface area is 154 Å². The highest BCUT2D eigenvalue weighted by molar-refractivity contribution is 5.87. The molecule has 1 N–H and O–H groups in total. The molecule has 1 amide bonds. The minimum atomic E-state index is -0.766. The maximum absolute atomic E-state index is 12.6. The summed E-state index contributed by atoms with van der Waals surface area (Å²) in [5.41, 5.74) is 1.93. The van der Waals surface area contributed by atoms with Gasteiger partial charge in [-0.1, -0.05) is 60.7 Å². The summed E-state index contributed by atoms with van der Waals surface area (Å²) >= 11 is 0. The smallest absolute Gasteiger partial charge is 0.328 e. The van der Waals surface area contributed by atoms with Gasteiger partial charge in [0.2, 0.25) is 0 Å². The fraction of sp³-hybridized carbons (Fsp3) is 0.333. The summed E-state index contributed by atoms with van der Waals surface area (Å²) in [6.45, 7) is 0. The van der Waals surface area contributed by atoms with Crippen LogP contribution in [0.3, 0.4) is 0 Å². The van der Waals surface area contributed by atoms with Crippen molar-refractivity contribution < 1.29 is 19.1 Å². The summed E-state index contributed by atoms with van der Waals surface area (Å²) in [5, 5.41) is 2.77. The van der Waals surface area contributed by atoms with Gasteiger partial charge in [0.1, 0.15) is 6.04 Å². The second kappa shape index (κ2) is 10.4. The van der Waals surface area contributed by atoms with Gasteiger partial charge in [0, 0.05) is 7.11 Å². The molecular weight excluding hydrogens is 330 g/mol. The van der Waals surface area contributed by atoms with E-state index < -0.39 is 18.1 Å². The molecular formula is C21H25NO4. The number of ether oxygens (including phenoxy) is 2. The highest BCUT2D eigenvalue weighted by atomic mass is 16.5. The van der Waals surface area contributed by atoms with Gasteiger partial charge in [0.05, 0.1) is 7.11 Å². The zero-order valence-corrected chi connectivity index (χ0v) is 15.2. The van der Waals surface area contributed by atoms with Crippen LogP contribution in [0.25, 0.3) is 0 Å². The van der Waals surface area contributed by atoms with Gasteiger partial charge in [0.25, 0.3) is 5.91 Å². The van der Waals surface area contributed by atoms with Crippen molar-refractivity contribution in [1.82, 2.24) is 5.32 Å². The van der Waals surface area contributed by atoms with Crippen LogP contribution >= 0.6 is 0 Å². The number of amides is 1. The minimum absolute atomic E-state index is 0.353. The number of nitrogens with one attached hydrogen (secondary N) is 1. The Morgan fingerprint density at radius 3 is 2.15 bits per heavy atom. The number of benzene rings is 2.